The van der Waals surface area contributed by atoms with Crippen molar-refractivity contribution in [1.82, 2.24) is 14.8 Å². The molecule has 0 saturated carbocycles. The molecule has 6 nitrogen and oxygen atoms in total. The number of hydrogen-bond acceptors (Lipinski definition) is 5. The highest BCUT2D eigenvalue weighted by atomic mass is 35.5. The van der Waals surface area contributed by atoms with Crippen molar-refractivity contribution >= 4 is 29.1 Å². The number of benzene rings is 1. The van der Waals surface area contributed by atoms with Gasteiger partial charge in [-0.25, -0.2) is 0 Å². The Balaban J connectivity index is 2.11. The van der Waals surface area contributed by atoms with E-state index in [9.17, 15) is 14.4 Å². The van der Waals surface area contributed by atoms with Crippen LogP contribution in [-0.2, 0) is 7.05 Å². The van der Waals surface area contributed by atoms with Crippen molar-refractivity contribution in [2.75, 3.05) is 5.75 Å². The minimum atomic E-state index is -0.871. The number of nitrogens with one attached hydrogen (secondary N) is 1. The molecule has 0 aliphatic heterocycles. The van der Waals surface area contributed by atoms with Crippen molar-refractivity contribution in [1.29, 1.82) is 0 Å². The van der Waals surface area contributed by atoms with E-state index in [4.69, 9.17) is 11.6 Å². The summed E-state index contributed by atoms with van der Waals surface area (Å²) in [6.07, 6.45) is 0. The Bertz CT molecular complexity index is 752. The van der Waals surface area contributed by atoms with Gasteiger partial charge in [-0.15, -0.1) is 0 Å². The second-order valence-electron chi connectivity index (χ2n) is 3.92. The highest BCUT2D eigenvalue weighted by molar-refractivity contribution is 7.99. The Labute approximate surface area is 122 Å². The van der Waals surface area contributed by atoms with Crippen LogP contribution in [0.2, 0.25) is 5.02 Å². The van der Waals surface area contributed by atoms with Gasteiger partial charge in [-0.1, -0.05) is 23.4 Å². The van der Waals surface area contributed by atoms with Gasteiger partial charge in [0.1, 0.15) is 0 Å². The maximum Gasteiger partial charge on any atom is 0.339 e. The van der Waals surface area contributed by atoms with Gasteiger partial charge >= 0.3 is 11.1 Å². The van der Waals surface area contributed by atoms with Crippen molar-refractivity contribution in [3.63, 3.8) is 0 Å². The quantitative estimate of drug-likeness (QED) is 0.519. The highest BCUT2D eigenvalue weighted by Crippen LogP contribution is 2.15. The zero-order valence-electron chi connectivity index (χ0n) is 10.4. The van der Waals surface area contributed by atoms with E-state index in [1.165, 1.54) is 4.68 Å². The van der Waals surface area contributed by atoms with E-state index in [1.54, 1.807) is 31.3 Å². The third kappa shape index (κ3) is 3.37. The van der Waals surface area contributed by atoms with Crippen molar-refractivity contribution in [3.8, 4) is 0 Å². The van der Waals surface area contributed by atoms with E-state index in [1.807, 2.05) is 0 Å². The number of carbonyl (C=O) groups is 1. The van der Waals surface area contributed by atoms with Crippen molar-refractivity contribution < 1.29 is 4.79 Å². The predicted octanol–water partition coefficient (Wildman–Crippen LogP) is 1.10. The van der Waals surface area contributed by atoms with Crippen LogP contribution in [0.1, 0.15) is 10.4 Å². The third-order valence-electron chi connectivity index (χ3n) is 2.45. The van der Waals surface area contributed by atoms with Crippen LogP contribution >= 0.6 is 23.4 Å². The Kier molecular flexibility index (Phi) is 4.41. The van der Waals surface area contributed by atoms with E-state index in [0.29, 0.717) is 10.6 Å². The van der Waals surface area contributed by atoms with Crippen molar-refractivity contribution in [2.24, 2.45) is 7.05 Å². The molecule has 0 aliphatic rings. The molecule has 1 aromatic carbocycles. The summed E-state index contributed by atoms with van der Waals surface area (Å²) in [7, 11) is 1.54. The molecule has 0 bridgehead atoms. The Morgan fingerprint density at radius 2 is 2.00 bits per heavy atom. The number of carbonyl (C=O) groups excluding carboxylic acids is 1. The molecule has 0 amide bonds. The van der Waals surface area contributed by atoms with Gasteiger partial charge in [-0.2, -0.15) is 4.98 Å². The van der Waals surface area contributed by atoms with Crippen molar-refractivity contribution in [3.05, 3.63) is 55.6 Å². The van der Waals surface area contributed by atoms with Crippen LogP contribution in [0.25, 0.3) is 0 Å². The molecule has 1 heterocycles. The first kappa shape index (κ1) is 14.5. The molecule has 0 fully saturated rings. The number of thioether (sulfide) groups is 1. The summed E-state index contributed by atoms with van der Waals surface area (Å²) in [5.74, 6) is -0.0133. The second-order valence-corrected chi connectivity index (χ2v) is 5.30. The lowest BCUT2D eigenvalue weighted by atomic mass is 10.1. The average molecular weight is 312 g/mol. The fourth-order valence-electron chi connectivity index (χ4n) is 1.44. The molecule has 1 N–H and O–H groups in total. The standard InChI is InChI=1S/C12H10ClN3O3S/c1-16-12(14-10(18)11(19)15-16)20-6-9(17)7-2-4-8(13)5-3-7/h2-5H,6H2,1H3,(H,15,19). The molecule has 104 valence electrons. The molecule has 0 radical (unpaired) electrons. The summed E-state index contributed by atoms with van der Waals surface area (Å²) >= 11 is 6.82. The van der Waals surface area contributed by atoms with Gasteiger partial charge in [-0.3, -0.25) is 24.2 Å². The van der Waals surface area contributed by atoms with Crippen LogP contribution in [0.3, 0.4) is 0 Å². The number of aryl methyl sites for hydroxylation is 1. The highest BCUT2D eigenvalue weighted by Gasteiger charge is 2.10. The van der Waals surface area contributed by atoms with Crippen LogP contribution < -0.4 is 11.1 Å². The summed E-state index contributed by atoms with van der Waals surface area (Å²) in [5.41, 5.74) is -1.14. The summed E-state index contributed by atoms with van der Waals surface area (Å²) < 4.78 is 1.31. The number of aromatic amines is 1. The number of halogens is 1. The molecule has 0 saturated heterocycles. The normalized spacial score (nSPS) is 10.5. The van der Waals surface area contributed by atoms with E-state index in [-0.39, 0.29) is 16.7 Å². The van der Waals surface area contributed by atoms with E-state index >= 15 is 0 Å². The van der Waals surface area contributed by atoms with Crippen LogP contribution in [0.15, 0.2) is 39.0 Å². The van der Waals surface area contributed by atoms with Gasteiger partial charge < -0.3 is 0 Å². The van der Waals surface area contributed by atoms with Crippen molar-refractivity contribution in [2.45, 2.75) is 5.16 Å². The summed E-state index contributed by atoms with van der Waals surface area (Å²) in [6, 6.07) is 6.52. The number of H-pyrrole nitrogens is 1. The first-order chi connectivity index (χ1) is 9.47. The monoisotopic (exact) mass is 311 g/mol. The van der Waals surface area contributed by atoms with E-state index in [0.717, 1.165) is 11.8 Å². The largest absolute Gasteiger partial charge is 0.339 e. The molecule has 0 atom stereocenters. The second kappa shape index (κ2) is 6.06. The molecule has 0 unspecified atom stereocenters. The first-order valence-corrected chi connectivity index (χ1v) is 6.92. The lowest BCUT2D eigenvalue weighted by Crippen LogP contribution is -2.34. The molecule has 2 aromatic rings. The topological polar surface area (TPSA) is 84.8 Å². The van der Waals surface area contributed by atoms with Gasteiger partial charge in [0.2, 0.25) is 0 Å². The fourth-order valence-corrected chi connectivity index (χ4v) is 2.38. The number of ketones is 1. The number of Topliss-reactive ketones (excluding diaryl/α,β-unsaturated/α-hetero) is 1. The molecule has 20 heavy (non-hydrogen) atoms. The molecular formula is C12H10ClN3O3S. The predicted molar refractivity (Wildman–Crippen MR) is 76.6 cm³/mol. The van der Waals surface area contributed by atoms with Crippen LogP contribution in [0.4, 0.5) is 0 Å². The van der Waals surface area contributed by atoms with Gasteiger partial charge in [0.25, 0.3) is 0 Å². The minimum absolute atomic E-state index is 0.105. The van der Waals surface area contributed by atoms with E-state index < -0.39 is 11.1 Å². The first-order valence-electron chi connectivity index (χ1n) is 5.56. The minimum Gasteiger partial charge on any atom is -0.293 e. The summed E-state index contributed by atoms with van der Waals surface area (Å²) in [5, 5.41) is 3.14. The maximum absolute atomic E-state index is 11.9. The smallest absolute Gasteiger partial charge is 0.293 e. The Hall–Kier alpha value is -1.86. The number of hydrogen-bond donors (Lipinski definition) is 1. The van der Waals surface area contributed by atoms with Crippen LogP contribution in [0, 0.1) is 0 Å². The van der Waals surface area contributed by atoms with Gasteiger partial charge in [0.05, 0.1) is 5.75 Å². The zero-order valence-corrected chi connectivity index (χ0v) is 12.0. The summed E-state index contributed by atoms with van der Waals surface area (Å²) in [6.45, 7) is 0. The van der Waals surface area contributed by atoms with Gasteiger partial charge in [-0.05, 0) is 24.3 Å². The lowest BCUT2D eigenvalue weighted by molar-refractivity contribution is 0.102. The molecule has 1 aromatic heterocycles. The van der Waals surface area contributed by atoms with Crippen LogP contribution in [-0.4, -0.2) is 26.3 Å². The SMILES string of the molecule is Cn1[nH]c(=O)c(=O)nc1SCC(=O)c1ccc(Cl)cc1. The lowest BCUT2D eigenvalue weighted by Gasteiger charge is -2.05. The molecule has 0 aliphatic carbocycles. The number of aromatic nitrogens is 3. The number of nitrogens with zero attached hydrogens (tertiary/aromatic N) is 2. The molecule has 0 spiro atoms. The van der Waals surface area contributed by atoms with E-state index in [2.05, 4.69) is 10.1 Å². The maximum atomic E-state index is 11.9. The average Bonchev–Trinajstić information content (AvgIpc) is 2.42. The molecule has 8 heteroatoms. The Morgan fingerprint density at radius 3 is 2.65 bits per heavy atom. The fraction of sp³-hybridized carbons (Fsp3) is 0.167. The zero-order chi connectivity index (χ0) is 14.7. The third-order valence-corrected chi connectivity index (χ3v) is 3.73. The van der Waals surface area contributed by atoms with Crippen LogP contribution in [0.5, 0.6) is 0 Å². The Morgan fingerprint density at radius 1 is 1.35 bits per heavy atom. The summed E-state index contributed by atoms with van der Waals surface area (Å²) in [4.78, 5) is 37.8. The number of rotatable bonds is 4. The molecular weight excluding hydrogens is 302 g/mol. The van der Waals surface area contributed by atoms with Gasteiger partial charge in [0.15, 0.2) is 10.9 Å². The molecule has 2 rings (SSSR count). The van der Waals surface area contributed by atoms with Gasteiger partial charge in [0, 0.05) is 17.6 Å².